The number of hydrogen-bond donors (Lipinski definition) is 1. The highest BCUT2D eigenvalue weighted by molar-refractivity contribution is 5.87. The molecule has 8 nitrogen and oxygen atoms in total. The first-order valence-electron chi connectivity index (χ1n) is 8.70. The summed E-state index contributed by atoms with van der Waals surface area (Å²) in [6.07, 6.45) is 5.87. The minimum Gasteiger partial charge on any atom is -0.472 e. The van der Waals surface area contributed by atoms with Crippen molar-refractivity contribution < 1.29 is 13.9 Å². The number of likely N-dealkylation sites (tertiary alicyclic amines) is 1. The van der Waals surface area contributed by atoms with E-state index in [9.17, 15) is 9.18 Å². The van der Waals surface area contributed by atoms with E-state index in [2.05, 4.69) is 31.8 Å². The van der Waals surface area contributed by atoms with Gasteiger partial charge in [0.2, 0.25) is 11.8 Å². The third kappa shape index (κ3) is 3.73. The van der Waals surface area contributed by atoms with Crippen LogP contribution in [0.25, 0.3) is 11.0 Å². The SMILES string of the molecule is C=CC(=O)N1CC[C@H](Oc2ccc3ncnc(Nc4cncc(F)c4)c3n2)C1. The van der Waals surface area contributed by atoms with E-state index in [0.717, 1.165) is 6.20 Å². The van der Waals surface area contributed by atoms with Crippen molar-refractivity contribution in [3.8, 4) is 5.88 Å². The van der Waals surface area contributed by atoms with Crippen LogP contribution in [0.4, 0.5) is 15.9 Å². The molecule has 1 atom stereocenters. The smallest absolute Gasteiger partial charge is 0.246 e. The summed E-state index contributed by atoms with van der Waals surface area (Å²) in [6.45, 7) is 4.60. The number of carbonyl (C=O) groups is 1. The molecule has 3 aromatic heterocycles. The van der Waals surface area contributed by atoms with Gasteiger partial charge in [-0.25, -0.2) is 19.3 Å². The number of anilines is 2. The first-order chi connectivity index (χ1) is 13.6. The van der Waals surface area contributed by atoms with Gasteiger partial charge in [0.1, 0.15) is 23.8 Å². The molecule has 0 bridgehead atoms. The van der Waals surface area contributed by atoms with Crippen LogP contribution in [0.15, 0.2) is 49.6 Å². The van der Waals surface area contributed by atoms with Crippen molar-refractivity contribution in [1.29, 1.82) is 0 Å². The molecule has 1 aliphatic rings. The second-order valence-corrected chi connectivity index (χ2v) is 6.27. The summed E-state index contributed by atoms with van der Waals surface area (Å²) in [5.74, 6) is 0.250. The van der Waals surface area contributed by atoms with Crippen LogP contribution in [-0.2, 0) is 4.79 Å². The zero-order chi connectivity index (χ0) is 19.5. The molecule has 4 heterocycles. The fourth-order valence-electron chi connectivity index (χ4n) is 3.02. The Labute approximate surface area is 160 Å². The largest absolute Gasteiger partial charge is 0.472 e. The fourth-order valence-corrected chi connectivity index (χ4v) is 3.02. The third-order valence-corrected chi connectivity index (χ3v) is 4.34. The molecule has 1 N–H and O–H groups in total. The molecule has 1 fully saturated rings. The number of carbonyl (C=O) groups excluding carboxylic acids is 1. The maximum atomic E-state index is 13.4. The average Bonchev–Trinajstić information content (AvgIpc) is 3.16. The van der Waals surface area contributed by atoms with Gasteiger partial charge in [0, 0.05) is 25.1 Å². The maximum Gasteiger partial charge on any atom is 0.246 e. The van der Waals surface area contributed by atoms with E-state index in [-0.39, 0.29) is 12.0 Å². The summed E-state index contributed by atoms with van der Waals surface area (Å²) in [7, 11) is 0. The number of ether oxygens (including phenoxy) is 1. The van der Waals surface area contributed by atoms with Crippen molar-refractivity contribution >= 4 is 28.4 Å². The van der Waals surface area contributed by atoms with E-state index in [1.54, 1.807) is 17.0 Å². The normalized spacial score (nSPS) is 16.2. The predicted molar refractivity (Wildman–Crippen MR) is 101 cm³/mol. The Morgan fingerprint density at radius 2 is 2.25 bits per heavy atom. The topological polar surface area (TPSA) is 93.1 Å². The lowest BCUT2D eigenvalue weighted by molar-refractivity contribution is -0.125. The van der Waals surface area contributed by atoms with E-state index in [1.807, 2.05) is 0 Å². The molecule has 0 aromatic carbocycles. The Kier molecular flexibility index (Phi) is 4.79. The zero-order valence-corrected chi connectivity index (χ0v) is 14.9. The number of nitrogens with zero attached hydrogens (tertiary/aromatic N) is 5. The molecule has 142 valence electrons. The maximum absolute atomic E-state index is 13.4. The highest BCUT2D eigenvalue weighted by Gasteiger charge is 2.26. The number of halogens is 1. The van der Waals surface area contributed by atoms with Crippen LogP contribution in [-0.4, -0.2) is 49.9 Å². The van der Waals surface area contributed by atoms with E-state index in [1.165, 1.54) is 24.7 Å². The lowest BCUT2D eigenvalue weighted by Gasteiger charge is -2.15. The van der Waals surface area contributed by atoms with Gasteiger partial charge in [-0.2, -0.15) is 0 Å². The lowest BCUT2D eigenvalue weighted by Crippen LogP contribution is -2.29. The second-order valence-electron chi connectivity index (χ2n) is 6.27. The van der Waals surface area contributed by atoms with Gasteiger partial charge in [0.05, 0.1) is 30.1 Å². The van der Waals surface area contributed by atoms with Crippen molar-refractivity contribution in [3.05, 3.63) is 55.4 Å². The number of amides is 1. The third-order valence-electron chi connectivity index (χ3n) is 4.34. The molecule has 1 aliphatic heterocycles. The van der Waals surface area contributed by atoms with Crippen molar-refractivity contribution in [3.63, 3.8) is 0 Å². The van der Waals surface area contributed by atoms with Crippen molar-refractivity contribution in [2.75, 3.05) is 18.4 Å². The Hall–Kier alpha value is -3.62. The van der Waals surface area contributed by atoms with Crippen LogP contribution in [0.5, 0.6) is 5.88 Å². The monoisotopic (exact) mass is 380 g/mol. The zero-order valence-electron chi connectivity index (χ0n) is 14.9. The number of rotatable bonds is 5. The van der Waals surface area contributed by atoms with Gasteiger partial charge >= 0.3 is 0 Å². The molecular weight excluding hydrogens is 363 g/mol. The van der Waals surface area contributed by atoms with Gasteiger partial charge in [-0.05, 0) is 12.1 Å². The molecule has 0 radical (unpaired) electrons. The Morgan fingerprint density at radius 3 is 3.07 bits per heavy atom. The van der Waals surface area contributed by atoms with Crippen LogP contribution in [0, 0.1) is 5.82 Å². The molecule has 0 spiro atoms. The van der Waals surface area contributed by atoms with Gasteiger partial charge in [0.15, 0.2) is 5.82 Å². The minimum absolute atomic E-state index is 0.110. The number of hydrogen-bond acceptors (Lipinski definition) is 7. The van der Waals surface area contributed by atoms with Gasteiger partial charge in [-0.15, -0.1) is 0 Å². The first kappa shape index (κ1) is 17.8. The van der Waals surface area contributed by atoms with Crippen molar-refractivity contribution in [2.45, 2.75) is 12.5 Å². The fraction of sp³-hybridized carbons (Fsp3) is 0.211. The molecule has 4 rings (SSSR count). The number of fused-ring (bicyclic) bond motifs is 1. The van der Waals surface area contributed by atoms with Crippen molar-refractivity contribution in [2.24, 2.45) is 0 Å². The summed E-state index contributed by atoms with van der Waals surface area (Å²) in [5.41, 5.74) is 1.55. The molecule has 1 saturated heterocycles. The summed E-state index contributed by atoms with van der Waals surface area (Å²) in [4.78, 5) is 30.1. The van der Waals surface area contributed by atoms with E-state index < -0.39 is 5.82 Å². The quantitative estimate of drug-likeness (QED) is 0.680. The number of nitrogens with one attached hydrogen (secondary N) is 1. The summed E-state index contributed by atoms with van der Waals surface area (Å²) >= 11 is 0. The van der Waals surface area contributed by atoms with E-state index in [0.29, 0.717) is 47.9 Å². The average molecular weight is 380 g/mol. The van der Waals surface area contributed by atoms with E-state index in [4.69, 9.17) is 4.74 Å². The summed E-state index contributed by atoms with van der Waals surface area (Å²) in [5, 5.41) is 3.00. The molecule has 9 heteroatoms. The summed E-state index contributed by atoms with van der Waals surface area (Å²) in [6, 6.07) is 4.81. The van der Waals surface area contributed by atoms with Crippen molar-refractivity contribution in [1.82, 2.24) is 24.8 Å². The number of pyridine rings is 2. The van der Waals surface area contributed by atoms with Crippen LogP contribution in [0.2, 0.25) is 0 Å². The molecule has 1 amide bonds. The Bertz CT molecular complexity index is 1040. The van der Waals surface area contributed by atoms with Gasteiger partial charge in [-0.3, -0.25) is 9.78 Å². The van der Waals surface area contributed by atoms with Crippen LogP contribution < -0.4 is 10.1 Å². The Morgan fingerprint density at radius 1 is 1.36 bits per heavy atom. The van der Waals surface area contributed by atoms with Crippen LogP contribution in [0.1, 0.15) is 6.42 Å². The minimum atomic E-state index is -0.458. The molecule has 28 heavy (non-hydrogen) atoms. The predicted octanol–water partition coefficient (Wildman–Crippen LogP) is 2.47. The number of aromatic nitrogens is 4. The highest BCUT2D eigenvalue weighted by atomic mass is 19.1. The molecule has 0 unspecified atom stereocenters. The first-order valence-corrected chi connectivity index (χ1v) is 8.70. The van der Waals surface area contributed by atoms with E-state index >= 15 is 0 Å². The van der Waals surface area contributed by atoms with Crippen LogP contribution in [0.3, 0.4) is 0 Å². The molecule has 0 saturated carbocycles. The van der Waals surface area contributed by atoms with Crippen LogP contribution >= 0.6 is 0 Å². The van der Waals surface area contributed by atoms with Gasteiger partial charge < -0.3 is 15.0 Å². The standard InChI is InChI=1S/C19H17FN6O2/c1-2-17(27)26-6-5-14(10-26)28-16-4-3-15-18(25-16)19(23-11-22-15)24-13-7-12(20)8-21-9-13/h2-4,7-9,11,14H,1,5-6,10H2,(H,22,23,24)/t14-/m0/s1. The van der Waals surface area contributed by atoms with Gasteiger partial charge in [0.25, 0.3) is 0 Å². The lowest BCUT2D eigenvalue weighted by atomic mass is 10.3. The Balaban J connectivity index is 1.56. The van der Waals surface area contributed by atoms with Gasteiger partial charge in [-0.1, -0.05) is 6.58 Å². The highest BCUT2D eigenvalue weighted by Crippen LogP contribution is 2.25. The summed E-state index contributed by atoms with van der Waals surface area (Å²) < 4.78 is 19.3. The molecule has 3 aromatic rings. The molecular formula is C19H17FN6O2. The molecule has 0 aliphatic carbocycles. The second kappa shape index (κ2) is 7.55.